The summed E-state index contributed by atoms with van der Waals surface area (Å²) >= 11 is 0. The third-order valence-electron chi connectivity index (χ3n) is 2.51. The molecule has 1 amide bonds. The minimum Gasteiger partial charge on any atom is -0.351 e. The molecule has 0 bridgehead atoms. The summed E-state index contributed by atoms with van der Waals surface area (Å²) in [6.45, 7) is 4.31. The van der Waals surface area contributed by atoms with Gasteiger partial charge >= 0.3 is 0 Å². The van der Waals surface area contributed by atoms with Gasteiger partial charge in [0.1, 0.15) is 17.2 Å². The molecule has 90 valence electrons. The molecule has 0 aliphatic carbocycles. The second-order valence-electron chi connectivity index (χ2n) is 3.88. The second-order valence-corrected chi connectivity index (χ2v) is 3.88. The third kappa shape index (κ3) is 2.13. The molecule has 2 rings (SSSR count). The van der Waals surface area contributed by atoms with Crippen molar-refractivity contribution >= 4 is 11.6 Å². The van der Waals surface area contributed by atoms with Crippen LogP contribution in [0.25, 0.3) is 5.65 Å². The van der Waals surface area contributed by atoms with Crippen molar-refractivity contribution in [2.75, 3.05) is 6.54 Å². The number of hydrogen-bond donors (Lipinski definition) is 1. The molecule has 2 aromatic rings. The monoisotopic (exact) mass is 235 g/mol. The number of carbonyl (C=O) groups is 1. The number of pyridine rings is 1. The summed E-state index contributed by atoms with van der Waals surface area (Å²) in [6, 6.07) is 2.88. The Hall–Kier alpha value is -1.91. The lowest BCUT2D eigenvalue weighted by Crippen LogP contribution is -2.26. The lowest BCUT2D eigenvalue weighted by molar-refractivity contribution is 0.0947. The topological polar surface area (TPSA) is 46.4 Å². The van der Waals surface area contributed by atoms with Gasteiger partial charge in [0.15, 0.2) is 0 Å². The molecule has 0 aromatic carbocycles. The van der Waals surface area contributed by atoms with Crippen LogP contribution in [0.3, 0.4) is 0 Å². The van der Waals surface area contributed by atoms with Gasteiger partial charge in [-0.25, -0.2) is 9.37 Å². The van der Waals surface area contributed by atoms with Crippen molar-refractivity contribution in [3.63, 3.8) is 0 Å². The van der Waals surface area contributed by atoms with E-state index in [4.69, 9.17) is 0 Å². The van der Waals surface area contributed by atoms with E-state index in [1.165, 1.54) is 16.7 Å². The molecule has 2 heterocycles. The van der Waals surface area contributed by atoms with Gasteiger partial charge in [-0.15, -0.1) is 0 Å². The van der Waals surface area contributed by atoms with E-state index in [1.807, 2.05) is 6.92 Å². The summed E-state index contributed by atoms with van der Waals surface area (Å²) in [5.41, 5.74) is 1.57. The van der Waals surface area contributed by atoms with Gasteiger partial charge in [-0.1, -0.05) is 6.92 Å². The van der Waals surface area contributed by atoms with Crippen LogP contribution in [0.5, 0.6) is 0 Å². The van der Waals surface area contributed by atoms with Crippen molar-refractivity contribution < 1.29 is 9.18 Å². The number of imidazole rings is 1. The molecule has 0 atom stereocenters. The fourth-order valence-corrected chi connectivity index (χ4v) is 1.73. The molecule has 0 unspecified atom stereocenters. The van der Waals surface area contributed by atoms with Gasteiger partial charge in [-0.2, -0.15) is 0 Å². The highest BCUT2D eigenvalue weighted by Crippen LogP contribution is 2.13. The van der Waals surface area contributed by atoms with E-state index in [9.17, 15) is 9.18 Å². The summed E-state index contributed by atoms with van der Waals surface area (Å²) in [4.78, 5) is 16.1. The van der Waals surface area contributed by atoms with Gasteiger partial charge in [-0.05, 0) is 25.5 Å². The number of amides is 1. The van der Waals surface area contributed by atoms with Crippen LogP contribution < -0.4 is 5.32 Å². The van der Waals surface area contributed by atoms with Crippen molar-refractivity contribution in [2.24, 2.45) is 0 Å². The highest BCUT2D eigenvalue weighted by atomic mass is 19.1. The number of rotatable bonds is 3. The Morgan fingerprint density at radius 3 is 3.00 bits per heavy atom. The zero-order chi connectivity index (χ0) is 12.4. The molecule has 0 saturated carbocycles. The summed E-state index contributed by atoms with van der Waals surface area (Å²) in [7, 11) is 0. The van der Waals surface area contributed by atoms with E-state index < -0.39 is 0 Å². The van der Waals surface area contributed by atoms with Gasteiger partial charge in [0.2, 0.25) is 0 Å². The summed E-state index contributed by atoms with van der Waals surface area (Å²) in [5, 5.41) is 2.76. The first-order valence-electron chi connectivity index (χ1n) is 5.56. The number of nitrogens with one attached hydrogen (secondary N) is 1. The van der Waals surface area contributed by atoms with Gasteiger partial charge in [0.05, 0.1) is 5.69 Å². The number of nitrogens with zero attached hydrogens (tertiary/aromatic N) is 2. The highest BCUT2D eigenvalue weighted by molar-refractivity contribution is 5.94. The zero-order valence-corrected chi connectivity index (χ0v) is 9.83. The smallest absolute Gasteiger partial charge is 0.270 e. The molecule has 17 heavy (non-hydrogen) atoms. The van der Waals surface area contributed by atoms with Crippen LogP contribution in [0.15, 0.2) is 18.3 Å². The van der Waals surface area contributed by atoms with Crippen molar-refractivity contribution in [1.82, 2.24) is 14.7 Å². The quantitative estimate of drug-likeness (QED) is 0.883. The van der Waals surface area contributed by atoms with Crippen LogP contribution in [0, 0.1) is 12.7 Å². The van der Waals surface area contributed by atoms with E-state index in [2.05, 4.69) is 10.3 Å². The number of fused-ring (bicyclic) bond motifs is 1. The minimum atomic E-state index is -0.389. The van der Waals surface area contributed by atoms with E-state index in [0.29, 0.717) is 23.6 Å². The Morgan fingerprint density at radius 2 is 2.29 bits per heavy atom. The SMILES string of the molecule is CCCNC(=O)c1c(C)nc2ccc(F)cn12. The van der Waals surface area contributed by atoms with Crippen LogP contribution in [0.2, 0.25) is 0 Å². The predicted molar refractivity (Wildman–Crippen MR) is 62.5 cm³/mol. The van der Waals surface area contributed by atoms with Crippen molar-refractivity contribution in [2.45, 2.75) is 20.3 Å². The normalized spacial score (nSPS) is 10.8. The Balaban J connectivity index is 2.48. The second kappa shape index (κ2) is 4.53. The van der Waals surface area contributed by atoms with Crippen LogP contribution in [-0.2, 0) is 0 Å². The predicted octanol–water partition coefficient (Wildman–Crippen LogP) is 1.92. The first kappa shape index (κ1) is 11.6. The highest BCUT2D eigenvalue weighted by Gasteiger charge is 2.16. The van der Waals surface area contributed by atoms with Gasteiger partial charge in [0, 0.05) is 12.7 Å². The molecule has 0 aliphatic heterocycles. The van der Waals surface area contributed by atoms with Crippen LogP contribution in [0.1, 0.15) is 29.5 Å². The van der Waals surface area contributed by atoms with E-state index in [-0.39, 0.29) is 11.7 Å². The minimum absolute atomic E-state index is 0.220. The largest absolute Gasteiger partial charge is 0.351 e. The molecular formula is C12H14FN3O. The van der Waals surface area contributed by atoms with Crippen molar-refractivity contribution in [1.29, 1.82) is 0 Å². The van der Waals surface area contributed by atoms with Crippen LogP contribution in [-0.4, -0.2) is 21.8 Å². The standard InChI is InChI=1S/C12H14FN3O/c1-3-6-14-12(17)11-8(2)15-10-5-4-9(13)7-16(10)11/h4-5,7H,3,6H2,1-2H3,(H,14,17). The molecular weight excluding hydrogens is 221 g/mol. The van der Waals surface area contributed by atoms with Crippen LogP contribution >= 0.6 is 0 Å². The fraction of sp³-hybridized carbons (Fsp3) is 0.333. The third-order valence-corrected chi connectivity index (χ3v) is 2.51. The van der Waals surface area contributed by atoms with Crippen molar-refractivity contribution in [3.05, 3.63) is 35.5 Å². The summed E-state index contributed by atoms with van der Waals surface area (Å²) < 4.78 is 14.6. The molecule has 0 fully saturated rings. The molecule has 2 aromatic heterocycles. The Labute approximate surface area is 98.5 Å². The zero-order valence-electron chi connectivity index (χ0n) is 9.83. The molecule has 0 aliphatic rings. The molecule has 0 radical (unpaired) electrons. The van der Waals surface area contributed by atoms with Gasteiger partial charge < -0.3 is 5.32 Å². The fourth-order valence-electron chi connectivity index (χ4n) is 1.73. The summed E-state index contributed by atoms with van der Waals surface area (Å²) in [6.07, 6.45) is 2.13. The first-order chi connectivity index (χ1) is 8.13. The lowest BCUT2D eigenvalue weighted by atomic mass is 10.3. The molecule has 0 spiro atoms. The Kier molecular flexibility index (Phi) is 3.08. The maximum atomic E-state index is 13.2. The number of carbonyl (C=O) groups excluding carboxylic acids is 1. The first-order valence-corrected chi connectivity index (χ1v) is 5.56. The average molecular weight is 235 g/mol. The number of aromatic nitrogens is 2. The van der Waals surface area contributed by atoms with Gasteiger partial charge in [-0.3, -0.25) is 9.20 Å². The molecule has 1 N–H and O–H groups in total. The number of hydrogen-bond acceptors (Lipinski definition) is 2. The molecule has 0 saturated heterocycles. The van der Waals surface area contributed by atoms with Crippen LogP contribution in [0.4, 0.5) is 4.39 Å². The van der Waals surface area contributed by atoms with Crippen molar-refractivity contribution in [3.8, 4) is 0 Å². The maximum Gasteiger partial charge on any atom is 0.270 e. The van der Waals surface area contributed by atoms with E-state index in [1.54, 1.807) is 13.0 Å². The Morgan fingerprint density at radius 1 is 1.53 bits per heavy atom. The lowest BCUT2D eigenvalue weighted by Gasteiger charge is -2.04. The Bertz CT molecular complexity index is 562. The maximum absolute atomic E-state index is 13.2. The molecule has 5 heteroatoms. The van der Waals surface area contributed by atoms with Gasteiger partial charge in [0.25, 0.3) is 5.91 Å². The number of halogens is 1. The number of aryl methyl sites for hydroxylation is 1. The summed E-state index contributed by atoms with van der Waals surface area (Å²) in [5.74, 6) is -0.609. The average Bonchev–Trinajstić information content (AvgIpc) is 2.61. The molecule has 4 nitrogen and oxygen atoms in total. The van der Waals surface area contributed by atoms with E-state index >= 15 is 0 Å². The van der Waals surface area contributed by atoms with E-state index in [0.717, 1.165) is 6.42 Å².